The zero-order valence-electron chi connectivity index (χ0n) is 15.3. The van der Waals surface area contributed by atoms with E-state index in [0.717, 1.165) is 31.6 Å². The van der Waals surface area contributed by atoms with Crippen LogP contribution in [0, 0.1) is 0 Å². The van der Waals surface area contributed by atoms with E-state index < -0.39 is 0 Å². The van der Waals surface area contributed by atoms with Crippen molar-refractivity contribution in [3.05, 3.63) is 35.5 Å². The van der Waals surface area contributed by atoms with Crippen LogP contribution in [-0.2, 0) is 13.5 Å². The van der Waals surface area contributed by atoms with Crippen LogP contribution in [0.25, 0.3) is 10.9 Å². The summed E-state index contributed by atoms with van der Waals surface area (Å²) in [6.07, 6.45) is 7.40. The van der Waals surface area contributed by atoms with Crippen LogP contribution in [0.5, 0.6) is 0 Å². The van der Waals surface area contributed by atoms with Gasteiger partial charge in [-0.15, -0.1) is 0 Å². The minimum atomic E-state index is 0.220. The lowest BCUT2D eigenvalue weighted by Gasteiger charge is -2.29. The normalized spacial score (nSPS) is 18.8. The van der Waals surface area contributed by atoms with Crippen molar-refractivity contribution in [3.8, 4) is 0 Å². The Balaban J connectivity index is 1.38. The molecule has 4 rings (SSSR count). The maximum absolute atomic E-state index is 13.0. The molecule has 25 heavy (non-hydrogen) atoms. The van der Waals surface area contributed by atoms with Crippen LogP contribution < -0.4 is 0 Å². The Bertz CT molecular complexity index is 758. The van der Waals surface area contributed by atoms with Crippen molar-refractivity contribution < 1.29 is 4.79 Å². The third kappa shape index (κ3) is 3.20. The van der Waals surface area contributed by atoms with E-state index in [1.807, 2.05) is 7.05 Å². The third-order valence-electron chi connectivity index (χ3n) is 5.93. The third-order valence-corrected chi connectivity index (χ3v) is 5.93. The summed E-state index contributed by atoms with van der Waals surface area (Å²) in [4.78, 5) is 17.7. The number of rotatable bonds is 5. The summed E-state index contributed by atoms with van der Waals surface area (Å²) in [7, 11) is 2.03. The van der Waals surface area contributed by atoms with Crippen LogP contribution in [0.15, 0.2) is 24.3 Å². The van der Waals surface area contributed by atoms with Crippen LogP contribution in [0.3, 0.4) is 0 Å². The van der Waals surface area contributed by atoms with Crippen LogP contribution in [0.2, 0.25) is 0 Å². The molecular formula is C21H29N3O. The molecular weight excluding hydrogens is 310 g/mol. The first-order valence-electron chi connectivity index (χ1n) is 9.83. The monoisotopic (exact) mass is 339 g/mol. The average molecular weight is 339 g/mol. The number of aryl methyl sites for hydroxylation is 1. The fourth-order valence-corrected chi connectivity index (χ4v) is 4.53. The van der Waals surface area contributed by atoms with Gasteiger partial charge in [0.15, 0.2) is 0 Å². The van der Waals surface area contributed by atoms with Crippen LogP contribution >= 0.6 is 0 Å². The molecule has 4 nitrogen and oxygen atoms in total. The SMILES string of the molecule is Cn1c2c(c3ccccc31)CCN(CCCCN1CCCCC1)C2=O. The Morgan fingerprint density at radius 3 is 2.56 bits per heavy atom. The van der Waals surface area contributed by atoms with Crippen LogP contribution in [0.1, 0.15) is 48.2 Å². The number of unbranched alkanes of at least 4 members (excludes halogenated alkanes) is 1. The minimum absolute atomic E-state index is 0.220. The van der Waals surface area contributed by atoms with E-state index in [2.05, 4.69) is 38.6 Å². The highest BCUT2D eigenvalue weighted by atomic mass is 16.2. The zero-order valence-corrected chi connectivity index (χ0v) is 15.3. The summed E-state index contributed by atoms with van der Waals surface area (Å²) < 4.78 is 2.09. The number of carbonyl (C=O) groups is 1. The quantitative estimate of drug-likeness (QED) is 0.781. The number of aromatic nitrogens is 1. The van der Waals surface area contributed by atoms with Gasteiger partial charge in [0.25, 0.3) is 5.91 Å². The maximum atomic E-state index is 13.0. The number of carbonyl (C=O) groups excluding carboxylic acids is 1. The number of piperidine rings is 1. The highest BCUT2D eigenvalue weighted by Crippen LogP contribution is 2.29. The average Bonchev–Trinajstić information content (AvgIpc) is 2.95. The fourth-order valence-electron chi connectivity index (χ4n) is 4.53. The van der Waals surface area contributed by atoms with E-state index in [9.17, 15) is 4.79 Å². The number of nitrogens with zero attached hydrogens (tertiary/aromatic N) is 3. The van der Waals surface area contributed by atoms with Gasteiger partial charge in [0.1, 0.15) is 5.69 Å². The Kier molecular flexibility index (Phi) is 4.80. The summed E-state index contributed by atoms with van der Waals surface area (Å²) in [5.74, 6) is 0.220. The van der Waals surface area contributed by atoms with Gasteiger partial charge in [0.2, 0.25) is 0 Å². The van der Waals surface area contributed by atoms with Crippen molar-refractivity contribution in [2.24, 2.45) is 7.05 Å². The summed E-state index contributed by atoms with van der Waals surface area (Å²) >= 11 is 0. The number of benzene rings is 1. The first-order valence-corrected chi connectivity index (χ1v) is 9.83. The van der Waals surface area contributed by atoms with Gasteiger partial charge in [0.05, 0.1) is 0 Å². The predicted octanol–water partition coefficient (Wildman–Crippen LogP) is 3.44. The molecule has 2 aliphatic heterocycles. The Labute approximate surface area is 150 Å². The first kappa shape index (κ1) is 16.6. The molecule has 3 heterocycles. The van der Waals surface area contributed by atoms with E-state index >= 15 is 0 Å². The molecule has 0 spiro atoms. The predicted molar refractivity (Wildman–Crippen MR) is 102 cm³/mol. The molecule has 1 aromatic heterocycles. The Hall–Kier alpha value is -1.81. The smallest absolute Gasteiger partial charge is 0.270 e. The van der Waals surface area contributed by atoms with Crippen molar-refractivity contribution >= 4 is 16.8 Å². The van der Waals surface area contributed by atoms with Gasteiger partial charge in [-0.1, -0.05) is 24.6 Å². The highest BCUT2D eigenvalue weighted by molar-refractivity contribution is 6.02. The number of hydrogen-bond acceptors (Lipinski definition) is 2. The second kappa shape index (κ2) is 7.20. The van der Waals surface area contributed by atoms with Gasteiger partial charge in [-0.05, 0) is 63.4 Å². The van der Waals surface area contributed by atoms with Crippen molar-refractivity contribution in [1.82, 2.24) is 14.4 Å². The summed E-state index contributed by atoms with van der Waals surface area (Å²) in [5.41, 5.74) is 3.32. The number of fused-ring (bicyclic) bond motifs is 3. The molecule has 1 aromatic carbocycles. The fraction of sp³-hybridized carbons (Fsp3) is 0.571. The highest BCUT2D eigenvalue weighted by Gasteiger charge is 2.29. The van der Waals surface area contributed by atoms with E-state index in [1.165, 1.54) is 61.8 Å². The molecule has 1 saturated heterocycles. The van der Waals surface area contributed by atoms with Gasteiger partial charge < -0.3 is 14.4 Å². The van der Waals surface area contributed by atoms with E-state index in [1.54, 1.807) is 0 Å². The second-order valence-electron chi connectivity index (χ2n) is 7.55. The molecule has 2 aliphatic rings. The molecule has 0 atom stereocenters. The second-order valence-corrected chi connectivity index (χ2v) is 7.55. The van der Waals surface area contributed by atoms with Crippen molar-refractivity contribution in [1.29, 1.82) is 0 Å². The van der Waals surface area contributed by atoms with E-state index in [4.69, 9.17) is 0 Å². The summed E-state index contributed by atoms with van der Waals surface area (Å²) in [6.45, 7) is 5.49. The van der Waals surface area contributed by atoms with Gasteiger partial charge in [-0.2, -0.15) is 0 Å². The molecule has 0 saturated carbocycles. The first-order chi connectivity index (χ1) is 12.3. The van der Waals surface area contributed by atoms with Crippen LogP contribution in [-0.4, -0.2) is 53.0 Å². The number of hydrogen-bond donors (Lipinski definition) is 0. The zero-order chi connectivity index (χ0) is 17.2. The van der Waals surface area contributed by atoms with E-state index in [-0.39, 0.29) is 5.91 Å². The maximum Gasteiger partial charge on any atom is 0.270 e. The Morgan fingerprint density at radius 2 is 1.72 bits per heavy atom. The molecule has 0 aliphatic carbocycles. The number of likely N-dealkylation sites (tertiary alicyclic amines) is 1. The topological polar surface area (TPSA) is 28.5 Å². The minimum Gasteiger partial charge on any atom is -0.339 e. The molecule has 1 fully saturated rings. The lowest BCUT2D eigenvalue weighted by molar-refractivity contribution is 0.0725. The molecule has 0 radical (unpaired) electrons. The van der Waals surface area contributed by atoms with Crippen molar-refractivity contribution in [2.75, 3.05) is 32.7 Å². The van der Waals surface area contributed by atoms with Gasteiger partial charge >= 0.3 is 0 Å². The van der Waals surface area contributed by atoms with Gasteiger partial charge in [0, 0.05) is 31.0 Å². The largest absolute Gasteiger partial charge is 0.339 e. The molecule has 1 amide bonds. The Morgan fingerprint density at radius 1 is 0.960 bits per heavy atom. The van der Waals surface area contributed by atoms with Gasteiger partial charge in [-0.3, -0.25) is 4.79 Å². The van der Waals surface area contributed by atoms with Crippen LogP contribution in [0.4, 0.5) is 0 Å². The van der Waals surface area contributed by atoms with E-state index in [0.29, 0.717) is 0 Å². The van der Waals surface area contributed by atoms with Crippen molar-refractivity contribution in [3.63, 3.8) is 0 Å². The molecule has 4 heteroatoms. The standard InChI is InChI=1S/C21H29N3O/c1-22-19-10-4-3-9-17(19)18-11-16-24(21(25)20(18)22)15-8-7-14-23-12-5-2-6-13-23/h3-4,9-10H,2,5-8,11-16H2,1H3. The number of amides is 1. The van der Waals surface area contributed by atoms with Gasteiger partial charge in [-0.25, -0.2) is 0 Å². The molecule has 134 valence electrons. The summed E-state index contributed by atoms with van der Waals surface area (Å²) in [6, 6.07) is 8.39. The molecule has 0 unspecified atom stereocenters. The molecule has 0 bridgehead atoms. The molecule has 2 aromatic rings. The number of para-hydroxylation sites is 1. The molecule has 0 N–H and O–H groups in total. The lowest BCUT2D eigenvalue weighted by atomic mass is 10.0. The van der Waals surface area contributed by atoms with Crippen molar-refractivity contribution in [2.45, 2.75) is 38.5 Å². The lowest BCUT2D eigenvalue weighted by Crippen LogP contribution is -2.39. The summed E-state index contributed by atoms with van der Waals surface area (Å²) in [5, 5.41) is 1.25.